The number of hydrogen-bond acceptors (Lipinski definition) is 5. The van der Waals surface area contributed by atoms with Crippen molar-refractivity contribution >= 4 is 40.7 Å². The predicted molar refractivity (Wildman–Crippen MR) is 138 cm³/mol. The van der Waals surface area contributed by atoms with Crippen LogP contribution in [0.5, 0.6) is 11.5 Å². The average Bonchev–Trinajstić information content (AvgIpc) is 2.88. The Morgan fingerprint density at radius 2 is 1.43 bits per heavy atom. The van der Waals surface area contributed by atoms with E-state index in [2.05, 4.69) is 5.32 Å². The summed E-state index contributed by atoms with van der Waals surface area (Å²) in [5, 5.41) is 2.70. The molecule has 0 aliphatic heterocycles. The lowest BCUT2D eigenvalue weighted by atomic mass is 9.99. The fraction of sp³-hybridized carbons (Fsp3) is 0.185. The Balaban J connectivity index is 1.84. The van der Waals surface area contributed by atoms with Gasteiger partial charge >= 0.3 is 5.97 Å². The molecule has 1 N–H and O–H groups in total. The number of hydrogen-bond donors (Lipinski definition) is 1. The summed E-state index contributed by atoms with van der Waals surface area (Å²) in [4.78, 5) is 25.5. The lowest BCUT2D eigenvalue weighted by molar-refractivity contribution is -0.144. The van der Waals surface area contributed by atoms with Crippen molar-refractivity contribution in [3.8, 4) is 22.6 Å². The fourth-order valence-corrected chi connectivity index (χ4v) is 4.07. The van der Waals surface area contributed by atoms with Crippen LogP contribution in [-0.2, 0) is 20.7 Å². The van der Waals surface area contributed by atoms with E-state index in [9.17, 15) is 9.59 Å². The largest absolute Gasteiger partial charge is 0.496 e. The second-order valence-electron chi connectivity index (χ2n) is 7.49. The molecule has 0 bridgehead atoms. The standard InChI is InChI=1S/C27H25Cl2NO5/c1-33-21-10-7-11-22(34-2)23(21)19-14-12-17(13-15-19)16-20(27(32)35-3)30-26(31)24(25(28)29)18-8-5-4-6-9-18/h4-15,20H,16H2,1-3H3,(H,30,31)/t20-/m0/s1. The van der Waals surface area contributed by atoms with Crippen LogP contribution < -0.4 is 14.8 Å². The van der Waals surface area contributed by atoms with Crippen LogP contribution in [0.1, 0.15) is 11.1 Å². The molecule has 0 aliphatic carbocycles. The summed E-state index contributed by atoms with van der Waals surface area (Å²) in [6, 6.07) is 20.9. The Labute approximate surface area is 214 Å². The highest BCUT2D eigenvalue weighted by Gasteiger charge is 2.25. The molecule has 3 aromatic carbocycles. The van der Waals surface area contributed by atoms with Gasteiger partial charge in [-0.15, -0.1) is 0 Å². The van der Waals surface area contributed by atoms with E-state index in [0.717, 1.165) is 16.7 Å². The molecule has 0 aromatic heterocycles. The van der Waals surface area contributed by atoms with Gasteiger partial charge in [-0.1, -0.05) is 83.9 Å². The molecule has 3 aromatic rings. The van der Waals surface area contributed by atoms with Crippen LogP contribution in [0.3, 0.4) is 0 Å². The van der Waals surface area contributed by atoms with Crippen LogP contribution in [0.25, 0.3) is 16.7 Å². The molecular formula is C27H25Cl2NO5. The summed E-state index contributed by atoms with van der Waals surface area (Å²) < 4.78 is 15.7. The Morgan fingerprint density at radius 3 is 1.94 bits per heavy atom. The number of methoxy groups -OCH3 is 3. The van der Waals surface area contributed by atoms with Crippen LogP contribution in [0.15, 0.2) is 77.3 Å². The summed E-state index contributed by atoms with van der Waals surface area (Å²) >= 11 is 12.0. The van der Waals surface area contributed by atoms with E-state index >= 15 is 0 Å². The van der Waals surface area contributed by atoms with E-state index in [1.165, 1.54) is 7.11 Å². The molecule has 182 valence electrons. The zero-order chi connectivity index (χ0) is 25.4. The monoisotopic (exact) mass is 513 g/mol. The number of esters is 1. The lowest BCUT2D eigenvalue weighted by Crippen LogP contribution is -2.43. The number of nitrogens with one attached hydrogen (secondary N) is 1. The second-order valence-corrected chi connectivity index (χ2v) is 8.44. The van der Waals surface area contributed by atoms with Crippen molar-refractivity contribution in [2.75, 3.05) is 21.3 Å². The molecule has 1 atom stereocenters. The molecule has 35 heavy (non-hydrogen) atoms. The highest BCUT2D eigenvalue weighted by Crippen LogP contribution is 2.38. The third-order valence-electron chi connectivity index (χ3n) is 5.38. The first-order valence-electron chi connectivity index (χ1n) is 10.7. The minimum absolute atomic E-state index is 0.0708. The van der Waals surface area contributed by atoms with Crippen LogP contribution in [0.4, 0.5) is 0 Å². The van der Waals surface area contributed by atoms with E-state index in [0.29, 0.717) is 17.1 Å². The maximum Gasteiger partial charge on any atom is 0.328 e. The predicted octanol–water partition coefficient (Wildman–Crippen LogP) is 5.42. The maximum absolute atomic E-state index is 13.0. The van der Waals surface area contributed by atoms with Gasteiger partial charge in [-0.3, -0.25) is 4.79 Å². The van der Waals surface area contributed by atoms with Crippen molar-refractivity contribution in [3.05, 3.63) is 88.4 Å². The van der Waals surface area contributed by atoms with Crippen molar-refractivity contribution in [2.45, 2.75) is 12.5 Å². The molecule has 0 fully saturated rings. The first kappa shape index (κ1) is 26.1. The molecule has 0 unspecified atom stereocenters. The number of rotatable bonds is 9. The molecule has 3 rings (SSSR count). The second kappa shape index (κ2) is 12.3. The fourth-order valence-electron chi connectivity index (χ4n) is 3.68. The summed E-state index contributed by atoms with van der Waals surface area (Å²) in [6.07, 6.45) is 0.198. The van der Waals surface area contributed by atoms with E-state index in [1.54, 1.807) is 38.5 Å². The molecule has 0 saturated heterocycles. The van der Waals surface area contributed by atoms with Crippen molar-refractivity contribution in [2.24, 2.45) is 0 Å². The number of halogens is 2. The van der Waals surface area contributed by atoms with Crippen LogP contribution in [-0.4, -0.2) is 39.2 Å². The third kappa shape index (κ3) is 6.35. The maximum atomic E-state index is 13.0. The highest BCUT2D eigenvalue weighted by atomic mass is 35.5. The van der Waals surface area contributed by atoms with Gasteiger partial charge in [-0.2, -0.15) is 0 Å². The zero-order valence-electron chi connectivity index (χ0n) is 19.5. The van der Waals surface area contributed by atoms with Gasteiger partial charge in [-0.25, -0.2) is 4.79 Å². The Morgan fingerprint density at radius 1 is 0.829 bits per heavy atom. The van der Waals surface area contributed by atoms with E-state index in [4.69, 9.17) is 37.4 Å². The first-order chi connectivity index (χ1) is 16.9. The van der Waals surface area contributed by atoms with Crippen LogP contribution in [0, 0.1) is 0 Å². The molecule has 0 heterocycles. The van der Waals surface area contributed by atoms with Gasteiger partial charge in [0.05, 0.1) is 32.5 Å². The van der Waals surface area contributed by atoms with E-state index in [-0.39, 0.29) is 16.5 Å². The third-order valence-corrected chi connectivity index (χ3v) is 5.76. The van der Waals surface area contributed by atoms with Crippen molar-refractivity contribution in [1.82, 2.24) is 5.32 Å². The van der Waals surface area contributed by atoms with Gasteiger partial charge in [0, 0.05) is 6.42 Å². The molecule has 0 aliphatic rings. The number of benzene rings is 3. The molecular weight excluding hydrogens is 489 g/mol. The summed E-state index contributed by atoms with van der Waals surface area (Å²) in [7, 11) is 4.46. The normalized spacial score (nSPS) is 11.2. The number of carbonyl (C=O) groups excluding carboxylic acids is 2. The van der Waals surface area contributed by atoms with E-state index < -0.39 is 17.9 Å². The zero-order valence-corrected chi connectivity index (χ0v) is 21.0. The average molecular weight is 514 g/mol. The molecule has 0 saturated carbocycles. The van der Waals surface area contributed by atoms with Gasteiger partial charge in [0.2, 0.25) is 0 Å². The quantitative estimate of drug-likeness (QED) is 0.305. The van der Waals surface area contributed by atoms with Gasteiger partial charge in [0.15, 0.2) is 0 Å². The van der Waals surface area contributed by atoms with Gasteiger partial charge in [0.25, 0.3) is 5.91 Å². The molecule has 0 spiro atoms. The Bertz CT molecular complexity index is 1180. The van der Waals surface area contributed by atoms with Gasteiger partial charge in [-0.05, 0) is 28.8 Å². The lowest BCUT2D eigenvalue weighted by Gasteiger charge is -2.18. The van der Waals surface area contributed by atoms with Crippen molar-refractivity contribution in [1.29, 1.82) is 0 Å². The SMILES string of the molecule is COC(=O)[C@H](Cc1ccc(-c2c(OC)cccc2OC)cc1)NC(=O)C(=C(Cl)Cl)c1ccccc1. The van der Waals surface area contributed by atoms with Gasteiger partial charge < -0.3 is 19.5 Å². The molecule has 0 radical (unpaired) electrons. The van der Waals surface area contributed by atoms with Crippen molar-refractivity contribution < 1.29 is 23.8 Å². The Hall–Kier alpha value is -3.48. The molecule has 6 nitrogen and oxygen atoms in total. The van der Waals surface area contributed by atoms with Crippen molar-refractivity contribution in [3.63, 3.8) is 0 Å². The molecule has 1 amide bonds. The molecule has 8 heteroatoms. The van der Waals surface area contributed by atoms with Gasteiger partial charge in [0.1, 0.15) is 22.0 Å². The topological polar surface area (TPSA) is 73.9 Å². The number of ether oxygens (including phenoxy) is 3. The summed E-state index contributed by atoms with van der Waals surface area (Å²) in [6.45, 7) is 0. The number of carbonyl (C=O) groups is 2. The minimum atomic E-state index is -0.953. The summed E-state index contributed by atoms with van der Waals surface area (Å²) in [5.41, 5.74) is 3.10. The minimum Gasteiger partial charge on any atom is -0.496 e. The van der Waals surface area contributed by atoms with Crippen LogP contribution >= 0.6 is 23.2 Å². The summed E-state index contributed by atoms with van der Waals surface area (Å²) in [5.74, 6) is 0.180. The first-order valence-corrected chi connectivity index (χ1v) is 11.4. The highest BCUT2D eigenvalue weighted by molar-refractivity contribution is 6.61. The van der Waals surface area contributed by atoms with Crippen LogP contribution in [0.2, 0.25) is 0 Å². The Kier molecular flexibility index (Phi) is 9.18. The number of amides is 1. The smallest absolute Gasteiger partial charge is 0.328 e. The van der Waals surface area contributed by atoms with E-state index in [1.807, 2.05) is 48.5 Å².